The molecule has 0 saturated carbocycles. The summed E-state index contributed by atoms with van der Waals surface area (Å²) in [5.74, 6) is -1.22. The second kappa shape index (κ2) is 7.49. The third-order valence-corrected chi connectivity index (χ3v) is 4.41. The lowest BCUT2D eigenvalue weighted by molar-refractivity contribution is 0.102. The van der Waals surface area contributed by atoms with Gasteiger partial charge in [0.15, 0.2) is 0 Å². The van der Waals surface area contributed by atoms with Gasteiger partial charge in [-0.2, -0.15) is 0 Å². The van der Waals surface area contributed by atoms with Crippen molar-refractivity contribution in [2.45, 2.75) is 6.54 Å². The van der Waals surface area contributed by atoms with Crippen LogP contribution in [0.3, 0.4) is 0 Å². The quantitative estimate of drug-likeness (QED) is 0.684. The summed E-state index contributed by atoms with van der Waals surface area (Å²) in [5, 5.41) is 2.59. The van der Waals surface area contributed by atoms with Crippen LogP contribution in [0.2, 0.25) is 0 Å². The summed E-state index contributed by atoms with van der Waals surface area (Å²) < 4.78 is 15.2. The molecule has 132 valence electrons. The molecule has 0 spiro atoms. The molecule has 1 heterocycles. The molecule has 0 aliphatic rings. The minimum Gasteiger partial charge on any atom is -0.321 e. The van der Waals surface area contributed by atoms with E-state index in [2.05, 4.69) is 26.2 Å². The summed E-state index contributed by atoms with van der Waals surface area (Å²) >= 11 is 3.30. The maximum atomic E-state index is 13.8. The Labute approximate surface area is 155 Å². The van der Waals surface area contributed by atoms with Crippen LogP contribution in [-0.2, 0) is 6.54 Å². The van der Waals surface area contributed by atoms with Gasteiger partial charge in [0.25, 0.3) is 11.5 Å². The van der Waals surface area contributed by atoms with Crippen molar-refractivity contribution in [2.75, 3.05) is 5.32 Å². The topological polar surface area (TPSA) is 84.0 Å². The second-order valence-corrected chi connectivity index (χ2v) is 6.28. The highest BCUT2D eigenvalue weighted by Crippen LogP contribution is 2.21. The van der Waals surface area contributed by atoms with Crippen LogP contribution < -0.4 is 16.6 Å². The molecule has 6 nitrogen and oxygen atoms in total. The summed E-state index contributed by atoms with van der Waals surface area (Å²) in [4.78, 5) is 39.3. The molecule has 0 aliphatic carbocycles. The number of benzene rings is 2. The Morgan fingerprint density at radius 3 is 2.54 bits per heavy atom. The highest BCUT2D eigenvalue weighted by molar-refractivity contribution is 9.10. The highest BCUT2D eigenvalue weighted by Gasteiger charge is 2.16. The van der Waals surface area contributed by atoms with Gasteiger partial charge in [-0.15, -0.1) is 0 Å². The van der Waals surface area contributed by atoms with Gasteiger partial charge in [0, 0.05) is 16.2 Å². The minimum absolute atomic E-state index is 0.170. The number of aromatic amines is 1. The molecular weight excluding hydrogens is 405 g/mol. The minimum atomic E-state index is -0.804. The van der Waals surface area contributed by atoms with Gasteiger partial charge in [-0.3, -0.25) is 14.2 Å². The molecule has 0 radical (unpaired) electrons. The first-order valence-corrected chi connectivity index (χ1v) is 8.38. The van der Waals surface area contributed by atoms with Crippen LogP contribution in [0, 0.1) is 5.82 Å². The molecule has 0 bridgehead atoms. The number of aromatic nitrogens is 2. The van der Waals surface area contributed by atoms with E-state index in [1.54, 1.807) is 30.3 Å². The van der Waals surface area contributed by atoms with Crippen molar-refractivity contribution in [3.05, 3.63) is 97.0 Å². The zero-order chi connectivity index (χ0) is 18.7. The molecule has 3 aromatic rings. The first-order valence-electron chi connectivity index (χ1n) is 7.59. The summed E-state index contributed by atoms with van der Waals surface area (Å²) in [6.07, 6.45) is 1.05. The van der Waals surface area contributed by atoms with Gasteiger partial charge in [-0.1, -0.05) is 30.3 Å². The zero-order valence-corrected chi connectivity index (χ0v) is 14.9. The van der Waals surface area contributed by atoms with E-state index in [1.807, 2.05) is 0 Å². The van der Waals surface area contributed by atoms with Crippen LogP contribution in [-0.4, -0.2) is 15.5 Å². The third-order valence-electron chi connectivity index (χ3n) is 3.71. The second-order valence-electron chi connectivity index (χ2n) is 5.42. The molecule has 1 amide bonds. The molecule has 0 fully saturated rings. The zero-order valence-electron chi connectivity index (χ0n) is 13.3. The molecule has 0 aliphatic heterocycles. The number of anilines is 1. The maximum Gasteiger partial charge on any atom is 0.328 e. The predicted molar refractivity (Wildman–Crippen MR) is 98.9 cm³/mol. The lowest BCUT2D eigenvalue weighted by Gasteiger charge is -2.09. The summed E-state index contributed by atoms with van der Waals surface area (Å²) in [5.41, 5.74) is -1.14. The summed E-state index contributed by atoms with van der Waals surface area (Å²) in [6, 6.07) is 12.7. The van der Waals surface area contributed by atoms with E-state index in [0.717, 1.165) is 10.8 Å². The fourth-order valence-electron chi connectivity index (χ4n) is 2.37. The van der Waals surface area contributed by atoms with Crippen LogP contribution in [0.25, 0.3) is 0 Å². The molecule has 0 saturated heterocycles. The van der Waals surface area contributed by atoms with E-state index >= 15 is 0 Å². The Morgan fingerprint density at radius 1 is 1.12 bits per heavy atom. The maximum absolute atomic E-state index is 13.8. The van der Waals surface area contributed by atoms with Crippen molar-refractivity contribution in [1.29, 1.82) is 0 Å². The summed E-state index contributed by atoms with van der Waals surface area (Å²) in [6.45, 7) is -0.281. The fourth-order valence-corrected chi connectivity index (χ4v) is 2.75. The largest absolute Gasteiger partial charge is 0.328 e. The SMILES string of the molecule is O=C(Nc1ccccc1Br)c1c[nH]c(=O)n(Cc2ccccc2F)c1=O. The highest BCUT2D eigenvalue weighted by atomic mass is 79.9. The third kappa shape index (κ3) is 3.65. The summed E-state index contributed by atoms with van der Waals surface area (Å²) in [7, 11) is 0. The van der Waals surface area contributed by atoms with Gasteiger partial charge >= 0.3 is 5.69 Å². The number of para-hydroxylation sites is 1. The number of H-pyrrole nitrogens is 1. The number of carbonyl (C=O) groups excluding carboxylic acids is 1. The molecule has 26 heavy (non-hydrogen) atoms. The molecule has 2 aromatic carbocycles. The van der Waals surface area contributed by atoms with Crippen LogP contribution in [0.1, 0.15) is 15.9 Å². The van der Waals surface area contributed by atoms with Crippen molar-refractivity contribution in [1.82, 2.24) is 9.55 Å². The van der Waals surface area contributed by atoms with Crippen molar-refractivity contribution in [3.63, 3.8) is 0 Å². The first kappa shape index (κ1) is 17.8. The molecule has 0 unspecified atom stereocenters. The van der Waals surface area contributed by atoms with E-state index in [4.69, 9.17) is 0 Å². The monoisotopic (exact) mass is 417 g/mol. The Hall–Kier alpha value is -3.00. The Kier molecular flexibility index (Phi) is 5.13. The van der Waals surface area contributed by atoms with Gasteiger partial charge in [0.05, 0.1) is 12.2 Å². The van der Waals surface area contributed by atoms with Crippen LogP contribution in [0.4, 0.5) is 10.1 Å². The Balaban J connectivity index is 1.96. The van der Waals surface area contributed by atoms with Crippen LogP contribution >= 0.6 is 15.9 Å². The number of rotatable bonds is 4. The molecule has 8 heteroatoms. The van der Waals surface area contributed by atoms with E-state index in [-0.39, 0.29) is 17.7 Å². The number of nitrogens with zero attached hydrogens (tertiary/aromatic N) is 1. The standard InChI is InChI=1S/C18H13BrFN3O3/c19-13-6-2-4-8-15(13)22-16(24)12-9-21-18(26)23(17(12)25)10-11-5-1-3-7-14(11)20/h1-9H,10H2,(H,21,26)(H,22,24). The number of hydrogen-bond donors (Lipinski definition) is 2. The van der Waals surface area contributed by atoms with Crippen molar-refractivity contribution in [3.8, 4) is 0 Å². The van der Waals surface area contributed by atoms with Crippen molar-refractivity contribution >= 4 is 27.5 Å². The number of carbonyl (C=O) groups is 1. The number of hydrogen-bond acceptors (Lipinski definition) is 3. The first-order chi connectivity index (χ1) is 12.5. The van der Waals surface area contributed by atoms with Gasteiger partial charge in [-0.25, -0.2) is 9.18 Å². The fraction of sp³-hybridized carbons (Fsp3) is 0.0556. The average molecular weight is 418 g/mol. The number of amides is 1. The van der Waals surface area contributed by atoms with Gasteiger partial charge in [-0.05, 0) is 34.1 Å². The van der Waals surface area contributed by atoms with E-state index in [9.17, 15) is 18.8 Å². The Bertz CT molecular complexity index is 1090. The molecule has 2 N–H and O–H groups in total. The number of halogens is 2. The predicted octanol–water partition coefficient (Wildman–Crippen LogP) is 2.74. The van der Waals surface area contributed by atoms with E-state index in [1.165, 1.54) is 18.2 Å². The molecule has 1 aromatic heterocycles. The average Bonchev–Trinajstić information content (AvgIpc) is 2.62. The lowest BCUT2D eigenvalue weighted by Crippen LogP contribution is -2.39. The van der Waals surface area contributed by atoms with Crippen molar-refractivity contribution < 1.29 is 9.18 Å². The van der Waals surface area contributed by atoms with E-state index in [0.29, 0.717) is 10.2 Å². The molecule has 0 atom stereocenters. The van der Waals surface area contributed by atoms with Crippen LogP contribution in [0.5, 0.6) is 0 Å². The molecular formula is C18H13BrFN3O3. The molecule has 3 rings (SSSR count). The Morgan fingerprint density at radius 2 is 1.81 bits per heavy atom. The number of nitrogens with one attached hydrogen (secondary N) is 2. The normalized spacial score (nSPS) is 10.5. The van der Waals surface area contributed by atoms with Crippen molar-refractivity contribution in [2.24, 2.45) is 0 Å². The van der Waals surface area contributed by atoms with Gasteiger partial charge in [0.2, 0.25) is 0 Å². The van der Waals surface area contributed by atoms with Gasteiger partial charge < -0.3 is 10.3 Å². The van der Waals surface area contributed by atoms with Crippen LogP contribution in [0.15, 0.2) is 68.8 Å². The lowest BCUT2D eigenvalue weighted by atomic mass is 10.2. The van der Waals surface area contributed by atoms with Gasteiger partial charge in [0.1, 0.15) is 11.4 Å². The van der Waals surface area contributed by atoms with E-state index < -0.39 is 23.0 Å². The smallest absolute Gasteiger partial charge is 0.321 e.